The van der Waals surface area contributed by atoms with Crippen molar-refractivity contribution >= 4 is 43.6 Å². The van der Waals surface area contributed by atoms with Crippen LogP contribution in [0.3, 0.4) is 0 Å². The summed E-state index contributed by atoms with van der Waals surface area (Å²) in [7, 11) is 0. The minimum absolute atomic E-state index is 0.645. The number of nitrogens with one attached hydrogen (secondary N) is 1. The van der Waals surface area contributed by atoms with E-state index in [0.717, 1.165) is 20.3 Å². The number of nitrogens with zero attached hydrogens (tertiary/aromatic N) is 4. The first-order valence-corrected chi connectivity index (χ1v) is 8.04. The van der Waals surface area contributed by atoms with Crippen LogP contribution in [0, 0.1) is 0 Å². The molecular weight excluding hydrogens is 410 g/mol. The van der Waals surface area contributed by atoms with Gasteiger partial charge < -0.3 is 5.32 Å². The summed E-state index contributed by atoms with van der Waals surface area (Å²) in [6, 6.07) is 15.7. The van der Waals surface area contributed by atoms with Crippen LogP contribution < -0.4 is 5.32 Å². The number of tetrazole rings is 1. The molecule has 5 nitrogen and oxygen atoms in total. The van der Waals surface area contributed by atoms with Crippen molar-refractivity contribution in [3.8, 4) is 5.69 Å². The van der Waals surface area contributed by atoms with Crippen LogP contribution in [0.2, 0.25) is 0 Å². The predicted molar refractivity (Wildman–Crippen MR) is 93.7 cm³/mol. The van der Waals surface area contributed by atoms with Crippen molar-refractivity contribution < 1.29 is 0 Å². The molecule has 3 rings (SSSR count). The lowest BCUT2D eigenvalue weighted by atomic mass is 10.3. The first kappa shape index (κ1) is 14.9. The molecule has 0 saturated heterocycles. The molecule has 110 valence electrons. The summed E-state index contributed by atoms with van der Waals surface area (Å²) < 4.78 is 3.73. The fraction of sp³-hybridized carbons (Fsp3) is 0. The molecule has 0 saturated carbocycles. The maximum absolute atomic E-state index is 4.02. The Morgan fingerprint density at radius 3 is 2.23 bits per heavy atom. The molecule has 0 bridgehead atoms. The summed E-state index contributed by atoms with van der Waals surface area (Å²) in [5.41, 5.74) is 1.89. The SMILES string of the molecule is Brc1ccc(N/C=C\c2nnnn2-c2ccc(Br)cc2)cc1. The van der Waals surface area contributed by atoms with E-state index in [2.05, 4.69) is 52.7 Å². The highest BCUT2D eigenvalue weighted by Gasteiger charge is 2.04. The lowest BCUT2D eigenvalue weighted by molar-refractivity contribution is 0.786. The van der Waals surface area contributed by atoms with Crippen molar-refractivity contribution in [2.75, 3.05) is 5.32 Å². The lowest BCUT2D eigenvalue weighted by Gasteiger charge is -2.02. The number of hydrogen-bond donors (Lipinski definition) is 1. The highest BCUT2D eigenvalue weighted by atomic mass is 79.9. The fourth-order valence-corrected chi connectivity index (χ4v) is 2.35. The topological polar surface area (TPSA) is 55.6 Å². The summed E-state index contributed by atoms with van der Waals surface area (Å²) in [6.07, 6.45) is 3.63. The zero-order chi connectivity index (χ0) is 15.4. The average Bonchev–Trinajstić information content (AvgIpc) is 2.98. The molecule has 0 fully saturated rings. The highest BCUT2D eigenvalue weighted by molar-refractivity contribution is 9.10. The smallest absolute Gasteiger partial charge is 0.181 e. The third-order valence-corrected chi connectivity index (χ3v) is 3.95. The van der Waals surface area contributed by atoms with Gasteiger partial charge in [0.25, 0.3) is 0 Å². The molecule has 0 unspecified atom stereocenters. The van der Waals surface area contributed by atoms with Crippen LogP contribution in [0.5, 0.6) is 0 Å². The molecule has 0 atom stereocenters. The first-order valence-electron chi connectivity index (χ1n) is 6.45. The quantitative estimate of drug-likeness (QED) is 0.684. The third-order valence-electron chi connectivity index (χ3n) is 2.89. The summed E-state index contributed by atoms with van der Waals surface area (Å²) in [5, 5.41) is 14.9. The van der Waals surface area contributed by atoms with Crippen LogP contribution in [0.4, 0.5) is 5.69 Å². The molecule has 3 aromatic rings. The Balaban J connectivity index is 1.76. The summed E-state index contributed by atoms with van der Waals surface area (Å²) in [6.45, 7) is 0. The second-order valence-corrected chi connectivity index (χ2v) is 6.24. The van der Waals surface area contributed by atoms with Gasteiger partial charge in [-0.05, 0) is 59.0 Å². The van der Waals surface area contributed by atoms with Crippen molar-refractivity contribution in [1.82, 2.24) is 20.2 Å². The lowest BCUT2D eigenvalue weighted by Crippen LogP contribution is -1.99. The van der Waals surface area contributed by atoms with Gasteiger partial charge in [-0.15, -0.1) is 5.10 Å². The van der Waals surface area contributed by atoms with Crippen LogP contribution >= 0.6 is 31.9 Å². The molecule has 22 heavy (non-hydrogen) atoms. The molecule has 0 aliphatic carbocycles. The van der Waals surface area contributed by atoms with Crippen molar-refractivity contribution in [2.45, 2.75) is 0 Å². The molecule has 1 heterocycles. The highest BCUT2D eigenvalue weighted by Crippen LogP contribution is 2.16. The molecule has 1 aromatic heterocycles. The summed E-state index contributed by atoms with van der Waals surface area (Å²) >= 11 is 6.82. The second-order valence-electron chi connectivity index (χ2n) is 4.41. The maximum atomic E-state index is 4.02. The van der Waals surface area contributed by atoms with Crippen molar-refractivity contribution in [2.24, 2.45) is 0 Å². The Kier molecular flexibility index (Phi) is 4.65. The molecule has 0 aliphatic heterocycles. The van der Waals surface area contributed by atoms with Crippen LogP contribution in [-0.2, 0) is 0 Å². The van der Waals surface area contributed by atoms with Crippen molar-refractivity contribution in [3.63, 3.8) is 0 Å². The largest absolute Gasteiger partial charge is 0.362 e. The van der Waals surface area contributed by atoms with Gasteiger partial charge in [-0.2, -0.15) is 4.68 Å². The van der Waals surface area contributed by atoms with Gasteiger partial charge in [0.1, 0.15) is 0 Å². The van der Waals surface area contributed by atoms with Gasteiger partial charge in [0.15, 0.2) is 5.82 Å². The van der Waals surface area contributed by atoms with E-state index >= 15 is 0 Å². The van der Waals surface area contributed by atoms with E-state index < -0.39 is 0 Å². The molecular formula is C15H11Br2N5. The zero-order valence-electron chi connectivity index (χ0n) is 11.3. The standard InChI is InChI=1S/C15H11Br2N5/c16-11-1-5-13(6-2-11)18-10-9-15-19-20-21-22(15)14-7-3-12(17)4-8-14/h1-10,18H/b10-9-. The van der Waals surface area contributed by atoms with E-state index in [1.54, 1.807) is 4.68 Å². The van der Waals surface area contributed by atoms with Crippen LogP contribution in [-0.4, -0.2) is 20.2 Å². The van der Waals surface area contributed by atoms with Crippen molar-refractivity contribution in [3.05, 3.63) is 69.5 Å². The summed E-state index contributed by atoms with van der Waals surface area (Å²) in [5.74, 6) is 0.645. The minimum Gasteiger partial charge on any atom is -0.362 e. The Labute approximate surface area is 144 Å². The van der Waals surface area contributed by atoms with Crippen molar-refractivity contribution in [1.29, 1.82) is 0 Å². The molecule has 0 radical (unpaired) electrons. The van der Waals surface area contributed by atoms with Crippen LogP contribution in [0.15, 0.2) is 63.7 Å². The van der Waals surface area contributed by atoms with E-state index in [1.807, 2.05) is 60.8 Å². The number of halogens is 2. The number of aromatic nitrogens is 4. The van der Waals surface area contributed by atoms with E-state index in [-0.39, 0.29) is 0 Å². The van der Waals surface area contributed by atoms with Gasteiger partial charge in [0.2, 0.25) is 0 Å². The second kappa shape index (κ2) is 6.85. The Bertz CT molecular complexity index is 778. The maximum Gasteiger partial charge on any atom is 0.181 e. The van der Waals surface area contributed by atoms with Gasteiger partial charge >= 0.3 is 0 Å². The fourth-order valence-electron chi connectivity index (χ4n) is 1.82. The minimum atomic E-state index is 0.645. The summed E-state index contributed by atoms with van der Waals surface area (Å²) in [4.78, 5) is 0. The zero-order valence-corrected chi connectivity index (χ0v) is 14.5. The molecule has 2 aromatic carbocycles. The van der Waals surface area contributed by atoms with Crippen LogP contribution in [0.1, 0.15) is 5.82 Å². The molecule has 1 N–H and O–H groups in total. The van der Waals surface area contributed by atoms with E-state index in [4.69, 9.17) is 0 Å². The van der Waals surface area contributed by atoms with Crippen LogP contribution in [0.25, 0.3) is 11.8 Å². The number of anilines is 1. The predicted octanol–water partition coefficient (Wildman–Crippen LogP) is 4.27. The van der Waals surface area contributed by atoms with Gasteiger partial charge in [0.05, 0.1) is 5.69 Å². The normalized spacial score (nSPS) is 11.0. The van der Waals surface area contributed by atoms with Gasteiger partial charge in [-0.3, -0.25) is 0 Å². The van der Waals surface area contributed by atoms with E-state index in [9.17, 15) is 0 Å². The van der Waals surface area contributed by atoms with Gasteiger partial charge in [0, 0.05) is 26.9 Å². The van der Waals surface area contributed by atoms with E-state index in [1.165, 1.54) is 0 Å². The average molecular weight is 421 g/mol. The Morgan fingerprint density at radius 2 is 1.55 bits per heavy atom. The number of benzene rings is 2. The Morgan fingerprint density at radius 1 is 0.909 bits per heavy atom. The number of rotatable bonds is 4. The van der Waals surface area contributed by atoms with Gasteiger partial charge in [-0.1, -0.05) is 31.9 Å². The third kappa shape index (κ3) is 3.61. The molecule has 7 heteroatoms. The Hall–Kier alpha value is -1.99. The molecule has 0 spiro atoms. The van der Waals surface area contributed by atoms with Gasteiger partial charge in [-0.25, -0.2) is 0 Å². The first-order chi connectivity index (χ1) is 10.7. The molecule has 0 amide bonds. The monoisotopic (exact) mass is 419 g/mol. The molecule has 0 aliphatic rings. The number of hydrogen-bond acceptors (Lipinski definition) is 4. The van der Waals surface area contributed by atoms with E-state index in [0.29, 0.717) is 5.82 Å².